The number of likely N-dealkylation sites (tertiary alicyclic amines) is 1. The number of amides is 2. The fourth-order valence-electron chi connectivity index (χ4n) is 5.87. The summed E-state index contributed by atoms with van der Waals surface area (Å²) in [6.07, 6.45) is 4.13. The van der Waals surface area contributed by atoms with E-state index in [-0.39, 0.29) is 38.2 Å². The van der Waals surface area contributed by atoms with Crippen molar-refractivity contribution in [3.8, 4) is 0 Å². The Labute approximate surface area is 227 Å². The van der Waals surface area contributed by atoms with Crippen LogP contribution in [-0.2, 0) is 27.5 Å². The number of hydrogen-bond acceptors (Lipinski definition) is 8. The van der Waals surface area contributed by atoms with Gasteiger partial charge in [-0.25, -0.2) is 0 Å². The van der Waals surface area contributed by atoms with Crippen molar-refractivity contribution in [2.45, 2.75) is 58.3 Å². The third-order valence-electron chi connectivity index (χ3n) is 7.54. The Hall–Kier alpha value is -2.56. The van der Waals surface area contributed by atoms with Gasteiger partial charge in [-0.1, -0.05) is 25.0 Å². The van der Waals surface area contributed by atoms with Gasteiger partial charge in [0, 0.05) is 17.9 Å². The lowest BCUT2D eigenvalue weighted by atomic mass is 9.68. The van der Waals surface area contributed by atoms with Crippen LogP contribution < -0.4 is 0 Å². The molecule has 38 heavy (non-hydrogen) atoms. The largest absolute Gasteiger partial charge is 0.459 e. The number of fused-ring (bicyclic) bond motifs is 1. The standard InChI is InChI=1S/C29H37NO7S/c1-3-5-18(12-20-8-9-21(15-31)37-20)7-10-25(33)26-19(17-36-2)13-23-27(24(26)16-32)29(35)30(28(23)34)14-22-6-4-11-38-22/h4,6,8-9,11-12,23-25,27,31-33H,3,5,7,10,13-17H2,1-2H3/b18-12+/t23-,24+,25-,27-/m1/s1. The first-order valence-electron chi connectivity index (χ1n) is 13.2. The molecule has 1 aliphatic carbocycles. The number of imide groups is 1. The molecule has 206 valence electrons. The van der Waals surface area contributed by atoms with Crippen molar-refractivity contribution in [1.29, 1.82) is 0 Å². The molecule has 3 heterocycles. The van der Waals surface area contributed by atoms with Crippen molar-refractivity contribution >= 4 is 29.2 Å². The summed E-state index contributed by atoms with van der Waals surface area (Å²) in [6.45, 7) is 2.04. The van der Waals surface area contributed by atoms with Gasteiger partial charge >= 0.3 is 0 Å². The number of rotatable bonds is 13. The molecule has 1 saturated heterocycles. The van der Waals surface area contributed by atoms with Crippen LogP contribution in [0.25, 0.3) is 6.08 Å². The predicted molar refractivity (Wildman–Crippen MR) is 144 cm³/mol. The van der Waals surface area contributed by atoms with Gasteiger partial charge in [-0.05, 0) is 66.5 Å². The summed E-state index contributed by atoms with van der Waals surface area (Å²) in [5.74, 6) is -1.25. The molecule has 4 rings (SSSR count). The highest BCUT2D eigenvalue weighted by Gasteiger charge is 2.54. The van der Waals surface area contributed by atoms with E-state index in [1.54, 1.807) is 13.2 Å². The molecule has 2 amide bonds. The van der Waals surface area contributed by atoms with Gasteiger partial charge in [0.15, 0.2) is 0 Å². The van der Waals surface area contributed by atoms with Gasteiger partial charge in [0.25, 0.3) is 0 Å². The maximum atomic E-state index is 13.5. The van der Waals surface area contributed by atoms with E-state index in [9.17, 15) is 24.9 Å². The highest BCUT2D eigenvalue weighted by atomic mass is 32.1. The van der Waals surface area contributed by atoms with E-state index in [2.05, 4.69) is 6.92 Å². The normalized spacial score (nSPS) is 22.9. The Bertz CT molecular complexity index is 1170. The number of carbonyl (C=O) groups is 2. The number of methoxy groups -OCH3 is 1. The van der Waals surface area contributed by atoms with Crippen molar-refractivity contribution in [2.24, 2.45) is 17.8 Å². The molecule has 8 nitrogen and oxygen atoms in total. The molecule has 9 heteroatoms. The van der Waals surface area contributed by atoms with E-state index < -0.39 is 23.9 Å². The lowest BCUT2D eigenvalue weighted by Gasteiger charge is -2.36. The first-order chi connectivity index (χ1) is 18.4. The zero-order valence-electron chi connectivity index (χ0n) is 22.0. The summed E-state index contributed by atoms with van der Waals surface area (Å²) in [6, 6.07) is 7.33. The first kappa shape index (κ1) is 28.4. The molecule has 0 spiro atoms. The van der Waals surface area contributed by atoms with E-state index in [1.807, 2.05) is 29.7 Å². The van der Waals surface area contributed by atoms with Crippen LogP contribution in [0.3, 0.4) is 0 Å². The average Bonchev–Trinajstić information content (AvgIpc) is 3.65. The van der Waals surface area contributed by atoms with Crippen LogP contribution in [0.5, 0.6) is 0 Å². The fourth-order valence-corrected chi connectivity index (χ4v) is 6.56. The maximum absolute atomic E-state index is 13.5. The number of aliphatic hydroxyl groups excluding tert-OH is 3. The minimum absolute atomic E-state index is 0.164. The lowest BCUT2D eigenvalue weighted by Crippen LogP contribution is -2.39. The average molecular weight is 544 g/mol. The molecule has 2 aliphatic rings. The molecule has 2 aromatic rings. The minimum Gasteiger partial charge on any atom is -0.459 e. The van der Waals surface area contributed by atoms with Crippen molar-refractivity contribution < 1.29 is 34.1 Å². The van der Waals surface area contributed by atoms with Crippen LogP contribution in [0.4, 0.5) is 0 Å². The Morgan fingerprint density at radius 1 is 1.24 bits per heavy atom. The third kappa shape index (κ3) is 6.02. The highest BCUT2D eigenvalue weighted by molar-refractivity contribution is 7.09. The third-order valence-corrected chi connectivity index (χ3v) is 8.40. The number of carbonyl (C=O) groups excluding carboxylic acids is 2. The summed E-state index contributed by atoms with van der Waals surface area (Å²) in [7, 11) is 1.56. The van der Waals surface area contributed by atoms with E-state index in [1.165, 1.54) is 16.2 Å². The number of aliphatic hydroxyl groups is 3. The molecule has 1 aliphatic heterocycles. The van der Waals surface area contributed by atoms with E-state index in [0.29, 0.717) is 36.4 Å². The zero-order valence-corrected chi connectivity index (χ0v) is 22.8. The number of allylic oxidation sites excluding steroid dienone is 1. The molecule has 3 N–H and O–H groups in total. The number of ether oxygens (including phenoxy) is 1. The highest BCUT2D eigenvalue weighted by Crippen LogP contribution is 2.46. The number of nitrogens with zero attached hydrogens (tertiary/aromatic N) is 1. The topological polar surface area (TPSA) is 120 Å². The van der Waals surface area contributed by atoms with Gasteiger partial charge in [0.1, 0.15) is 18.1 Å². The van der Waals surface area contributed by atoms with Crippen molar-refractivity contribution in [3.05, 3.63) is 62.8 Å². The molecule has 0 unspecified atom stereocenters. The minimum atomic E-state index is -0.891. The fraction of sp³-hybridized carbons (Fsp3) is 0.517. The van der Waals surface area contributed by atoms with Crippen molar-refractivity contribution in [3.63, 3.8) is 0 Å². The summed E-state index contributed by atoms with van der Waals surface area (Å²) >= 11 is 1.49. The molecule has 1 fully saturated rings. The Kier molecular flexibility index (Phi) is 9.73. The summed E-state index contributed by atoms with van der Waals surface area (Å²) in [5.41, 5.74) is 2.52. The summed E-state index contributed by atoms with van der Waals surface area (Å²) in [5, 5.41) is 33.1. The van der Waals surface area contributed by atoms with Crippen LogP contribution in [0.2, 0.25) is 0 Å². The lowest BCUT2D eigenvalue weighted by molar-refractivity contribution is -0.140. The SMILES string of the molecule is CCC/C(=C\c1ccc(CO)o1)CC[C@@H](O)C1=C(COC)C[C@H]2C(=O)N(Cc3cccs3)C(=O)[C@H]2[C@H]1CO. The summed E-state index contributed by atoms with van der Waals surface area (Å²) < 4.78 is 11.0. The van der Waals surface area contributed by atoms with Gasteiger partial charge < -0.3 is 24.5 Å². The Morgan fingerprint density at radius 2 is 2.05 bits per heavy atom. The monoisotopic (exact) mass is 543 g/mol. The molecule has 0 aromatic carbocycles. The van der Waals surface area contributed by atoms with Crippen LogP contribution in [0.15, 0.2) is 50.8 Å². The Morgan fingerprint density at radius 3 is 2.68 bits per heavy atom. The molecule has 0 radical (unpaired) electrons. The molecular weight excluding hydrogens is 506 g/mol. The number of furan rings is 1. The second-order valence-corrected chi connectivity index (χ2v) is 11.1. The van der Waals surface area contributed by atoms with Crippen molar-refractivity contribution in [2.75, 3.05) is 20.3 Å². The second kappa shape index (κ2) is 13.0. The van der Waals surface area contributed by atoms with Crippen LogP contribution in [0, 0.1) is 17.8 Å². The van der Waals surface area contributed by atoms with E-state index in [4.69, 9.17) is 9.15 Å². The molecule has 2 aromatic heterocycles. The quantitative estimate of drug-likeness (QED) is 0.259. The number of thiophene rings is 1. The first-order valence-corrected chi connectivity index (χ1v) is 14.1. The Balaban J connectivity index is 1.55. The van der Waals surface area contributed by atoms with E-state index in [0.717, 1.165) is 28.9 Å². The maximum Gasteiger partial charge on any atom is 0.234 e. The molecule has 0 saturated carbocycles. The number of hydrogen-bond donors (Lipinski definition) is 3. The molecule has 0 bridgehead atoms. The van der Waals surface area contributed by atoms with Gasteiger partial charge in [-0.15, -0.1) is 11.3 Å². The van der Waals surface area contributed by atoms with Crippen LogP contribution >= 0.6 is 11.3 Å². The second-order valence-electron chi connectivity index (χ2n) is 10.0. The van der Waals surface area contributed by atoms with Crippen molar-refractivity contribution in [1.82, 2.24) is 4.90 Å². The summed E-state index contributed by atoms with van der Waals surface area (Å²) in [4.78, 5) is 29.0. The van der Waals surface area contributed by atoms with Gasteiger partial charge in [-0.3, -0.25) is 14.5 Å². The predicted octanol–water partition coefficient (Wildman–Crippen LogP) is 3.91. The van der Waals surface area contributed by atoms with Crippen LogP contribution in [0.1, 0.15) is 55.4 Å². The zero-order chi connectivity index (χ0) is 27.2. The van der Waals surface area contributed by atoms with Gasteiger partial charge in [-0.2, -0.15) is 0 Å². The molecular formula is C29H37NO7S. The smallest absolute Gasteiger partial charge is 0.234 e. The van der Waals surface area contributed by atoms with Gasteiger partial charge in [0.05, 0.1) is 37.7 Å². The van der Waals surface area contributed by atoms with Gasteiger partial charge in [0.2, 0.25) is 11.8 Å². The van der Waals surface area contributed by atoms with Crippen LogP contribution in [-0.4, -0.2) is 58.5 Å². The molecule has 4 atom stereocenters. The van der Waals surface area contributed by atoms with E-state index >= 15 is 0 Å².